The molecule has 0 radical (unpaired) electrons. The summed E-state index contributed by atoms with van der Waals surface area (Å²) in [5.41, 5.74) is 7.74. The molecule has 1 heterocycles. The quantitative estimate of drug-likeness (QED) is 0.598. The summed E-state index contributed by atoms with van der Waals surface area (Å²) < 4.78 is 0. The number of aromatic amines is 1. The van der Waals surface area contributed by atoms with Crippen LogP contribution in [0, 0.1) is 0 Å². The number of nitrogens with zero attached hydrogens (tertiary/aromatic N) is 1. The third-order valence-electron chi connectivity index (χ3n) is 2.86. The molecule has 6 heteroatoms. The van der Waals surface area contributed by atoms with Crippen LogP contribution >= 0.6 is 0 Å². The molecule has 0 aliphatic rings. The van der Waals surface area contributed by atoms with Gasteiger partial charge < -0.3 is 21.4 Å². The standard InChI is InChI=1S/C14H19N5O/c1-2-16-14(20)11-4-3-10(15)9-12(11)17-6-5-13-18-7-8-19-13/h3-4,7-9,17H,2,5-6,15H2,1H3,(H,16,20)(H,18,19). The van der Waals surface area contributed by atoms with Crippen molar-refractivity contribution in [3.63, 3.8) is 0 Å². The zero-order chi connectivity index (χ0) is 14.4. The SMILES string of the molecule is CCNC(=O)c1ccc(N)cc1NCCc1ncc[nH]1. The Morgan fingerprint density at radius 2 is 2.30 bits per heavy atom. The van der Waals surface area contributed by atoms with Crippen molar-refractivity contribution in [2.45, 2.75) is 13.3 Å². The van der Waals surface area contributed by atoms with Gasteiger partial charge in [-0.1, -0.05) is 0 Å². The Morgan fingerprint density at radius 1 is 1.45 bits per heavy atom. The summed E-state index contributed by atoms with van der Waals surface area (Å²) in [5, 5.41) is 6.02. The van der Waals surface area contributed by atoms with Gasteiger partial charge >= 0.3 is 0 Å². The van der Waals surface area contributed by atoms with Crippen molar-refractivity contribution in [3.05, 3.63) is 42.0 Å². The second kappa shape index (κ2) is 6.60. The van der Waals surface area contributed by atoms with E-state index in [-0.39, 0.29) is 5.91 Å². The molecule has 2 rings (SSSR count). The number of amides is 1. The molecule has 0 fully saturated rings. The van der Waals surface area contributed by atoms with E-state index >= 15 is 0 Å². The molecular formula is C14H19N5O. The summed E-state index contributed by atoms with van der Waals surface area (Å²) in [4.78, 5) is 19.1. The Balaban J connectivity index is 2.05. The molecular weight excluding hydrogens is 254 g/mol. The molecule has 0 aliphatic carbocycles. The number of anilines is 2. The maximum atomic E-state index is 12.0. The van der Waals surface area contributed by atoms with Gasteiger partial charge in [-0.25, -0.2) is 4.98 Å². The van der Waals surface area contributed by atoms with Crippen LogP contribution in [0.15, 0.2) is 30.6 Å². The molecule has 1 amide bonds. The molecule has 1 aromatic heterocycles. The van der Waals surface area contributed by atoms with Gasteiger partial charge in [0.15, 0.2) is 0 Å². The van der Waals surface area contributed by atoms with E-state index in [2.05, 4.69) is 20.6 Å². The molecule has 106 valence electrons. The minimum atomic E-state index is -0.104. The van der Waals surface area contributed by atoms with E-state index in [4.69, 9.17) is 5.73 Å². The van der Waals surface area contributed by atoms with Crippen molar-refractivity contribution in [3.8, 4) is 0 Å². The maximum Gasteiger partial charge on any atom is 0.253 e. The second-order valence-electron chi connectivity index (χ2n) is 4.38. The first kappa shape index (κ1) is 13.9. The number of rotatable bonds is 6. The number of H-pyrrole nitrogens is 1. The fourth-order valence-corrected chi connectivity index (χ4v) is 1.91. The molecule has 5 N–H and O–H groups in total. The lowest BCUT2D eigenvalue weighted by atomic mass is 10.1. The molecule has 0 unspecified atom stereocenters. The van der Waals surface area contributed by atoms with Gasteiger partial charge in [-0.15, -0.1) is 0 Å². The number of hydrogen-bond donors (Lipinski definition) is 4. The number of nitrogens with two attached hydrogens (primary N) is 1. The Labute approximate surface area is 117 Å². The van der Waals surface area contributed by atoms with Crippen molar-refractivity contribution >= 4 is 17.3 Å². The summed E-state index contributed by atoms with van der Waals surface area (Å²) >= 11 is 0. The van der Waals surface area contributed by atoms with Crippen LogP contribution in [-0.2, 0) is 6.42 Å². The van der Waals surface area contributed by atoms with Crippen LogP contribution in [-0.4, -0.2) is 29.0 Å². The van der Waals surface area contributed by atoms with Crippen LogP contribution in [0.4, 0.5) is 11.4 Å². The maximum absolute atomic E-state index is 12.0. The van der Waals surface area contributed by atoms with Crippen molar-refractivity contribution < 1.29 is 4.79 Å². The first-order valence-corrected chi connectivity index (χ1v) is 6.60. The highest BCUT2D eigenvalue weighted by Crippen LogP contribution is 2.19. The van der Waals surface area contributed by atoms with Gasteiger partial charge in [0.2, 0.25) is 0 Å². The molecule has 0 bridgehead atoms. The highest BCUT2D eigenvalue weighted by molar-refractivity contribution is 6.00. The number of benzene rings is 1. The van der Waals surface area contributed by atoms with Gasteiger partial charge in [0.25, 0.3) is 5.91 Å². The smallest absolute Gasteiger partial charge is 0.253 e. The Bertz CT molecular complexity index is 565. The lowest BCUT2D eigenvalue weighted by molar-refractivity contribution is 0.0956. The van der Waals surface area contributed by atoms with Gasteiger partial charge in [0, 0.05) is 43.3 Å². The molecule has 0 spiro atoms. The van der Waals surface area contributed by atoms with Gasteiger partial charge in [-0.2, -0.15) is 0 Å². The molecule has 0 aliphatic heterocycles. The van der Waals surface area contributed by atoms with Crippen LogP contribution in [0.3, 0.4) is 0 Å². The highest BCUT2D eigenvalue weighted by Gasteiger charge is 2.10. The molecule has 20 heavy (non-hydrogen) atoms. The lowest BCUT2D eigenvalue weighted by Crippen LogP contribution is -2.24. The molecule has 6 nitrogen and oxygen atoms in total. The molecule has 0 saturated heterocycles. The summed E-state index contributed by atoms with van der Waals surface area (Å²) in [6, 6.07) is 5.23. The predicted molar refractivity (Wildman–Crippen MR) is 79.6 cm³/mol. The average molecular weight is 273 g/mol. The van der Waals surface area contributed by atoms with Crippen LogP contribution in [0.1, 0.15) is 23.1 Å². The zero-order valence-electron chi connectivity index (χ0n) is 11.4. The van der Waals surface area contributed by atoms with Crippen molar-refractivity contribution in [1.29, 1.82) is 0 Å². The van der Waals surface area contributed by atoms with Gasteiger partial charge in [-0.05, 0) is 25.1 Å². The van der Waals surface area contributed by atoms with E-state index in [1.54, 1.807) is 30.6 Å². The first-order chi connectivity index (χ1) is 9.70. The minimum absolute atomic E-state index is 0.104. The topological polar surface area (TPSA) is 95.8 Å². The monoisotopic (exact) mass is 273 g/mol. The van der Waals surface area contributed by atoms with Crippen LogP contribution < -0.4 is 16.4 Å². The normalized spacial score (nSPS) is 10.2. The number of nitrogens with one attached hydrogen (secondary N) is 3. The number of carbonyl (C=O) groups is 1. The van der Waals surface area contributed by atoms with Crippen molar-refractivity contribution in [2.75, 3.05) is 24.1 Å². The van der Waals surface area contributed by atoms with Gasteiger partial charge in [0.05, 0.1) is 5.56 Å². The van der Waals surface area contributed by atoms with Crippen molar-refractivity contribution in [1.82, 2.24) is 15.3 Å². The van der Waals surface area contributed by atoms with Crippen LogP contribution in [0.25, 0.3) is 0 Å². The fourth-order valence-electron chi connectivity index (χ4n) is 1.91. The largest absolute Gasteiger partial charge is 0.399 e. The van der Waals surface area contributed by atoms with E-state index in [0.29, 0.717) is 24.3 Å². The average Bonchev–Trinajstić information content (AvgIpc) is 2.92. The summed E-state index contributed by atoms with van der Waals surface area (Å²) in [6.07, 6.45) is 4.25. The second-order valence-corrected chi connectivity index (χ2v) is 4.38. The Morgan fingerprint density at radius 3 is 3.00 bits per heavy atom. The number of imidazole rings is 1. The molecule has 1 aromatic carbocycles. The number of aromatic nitrogens is 2. The van der Waals surface area contributed by atoms with Crippen LogP contribution in [0.5, 0.6) is 0 Å². The number of carbonyl (C=O) groups excluding carboxylic acids is 1. The fraction of sp³-hybridized carbons (Fsp3) is 0.286. The molecule has 0 atom stereocenters. The van der Waals surface area contributed by atoms with Crippen molar-refractivity contribution in [2.24, 2.45) is 0 Å². The predicted octanol–water partition coefficient (Wildman–Crippen LogP) is 1.40. The van der Waals surface area contributed by atoms with E-state index in [1.165, 1.54) is 0 Å². The van der Waals surface area contributed by atoms with E-state index in [9.17, 15) is 4.79 Å². The molecule has 2 aromatic rings. The van der Waals surface area contributed by atoms with Gasteiger partial charge in [0.1, 0.15) is 5.82 Å². The molecule has 0 saturated carbocycles. The van der Waals surface area contributed by atoms with E-state index < -0.39 is 0 Å². The summed E-state index contributed by atoms with van der Waals surface area (Å²) in [5.74, 6) is 0.800. The Kier molecular flexibility index (Phi) is 4.60. The Hall–Kier alpha value is -2.50. The van der Waals surface area contributed by atoms with E-state index in [0.717, 1.165) is 17.9 Å². The van der Waals surface area contributed by atoms with Crippen LogP contribution in [0.2, 0.25) is 0 Å². The summed E-state index contributed by atoms with van der Waals surface area (Å²) in [7, 11) is 0. The third kappa shape index (κ3) is 3.50. The highest BCUT2D eigenvalue weighted by atomic mass is 16.1. The van der Waals surface area contributed by atoms with E-state index in [1.807, 2.05) is 6.92 Å². The third-order valence-corrected chi connectivity index (χ3v) is 2.86. The first-order valence-electron chi connectivity index (χ1n) is 6.60. The van der Waals surface area contributed by atoms with Gasteiger partial charge in [-0.3, -0.25) is 4.79 Å². The zero-order valence-corrected chi connectivity index (χ0v) is 11.4. The summed E-state index contributed by atoms with van der Waals surface area (Å²) in [6.45, 7) is 3.15. The lowest BCUT2D eigenvalue weighted by Gasteiger charge is -2.12. The number of hydrogen-bond acceptors (Lipinski definition) is 4. The number of nitrogen functional groups attached to an aromatic ring is 1. The minimum Gasteiger partial charge on any atom is -0.399 e.